The van der Waals surface area contributed by atoms with Crippen molar-refractivity contribution in [2.75, 3.05) is 18.0 Å². The molecule has 3 aromatic rings. The number of piperidine rings is 1. The molecular weight excluding hydrogens is 407 g/mol. The zero-order valence-corrected chi connectivity index (χ0v) is 17.0. The maximum Gasteiger partial charge on any atom is 0.284 e. The van der Waals surface area contributed by atoms with Crippen LogP contribution in [0.4, 0.5) is 14.6 Å². The van der Waals surface area contributed by atoms with Crippen LogP contribution in [-0.2, 0) is 0 Å². The van der Waals surface area contributed by atoms with Gasteiger partial charge in [-0.15, -0.1) is 0 Å². The van der Waals surface area contributed by atoms with Crippen molar-refractivity contribution < 1.29 is 8.78 Å². The highest BCUT2D eigenvalue weighted by Gasteiger charge is 2.30. The summed E-state index contributed by atoms with van der Waals surface area (Å²) in [4.78, 5) is 10.5. The molecular formula is C19H19Cl2F2N5. The predicted molar refractivity (Wildman–Crippen MR) is 107 cm³/mol. The molecule has 28 heavy (non-hydrogen) atoms. The van der Waals surface area contributed by atoms with Gasteiger partial charge >= 0.3 is 0 Å². The average molecular weight is 426 g/mol. The smallest absolute Gasteiger partial charge is 0.284 e. The zero-order valence-electron chi connectivity index (χ0n) is 15.4. The van der Waals surface area contributed by atoms with Crippen molar-refractivity contribution in [3.05, 3.63) is 33.9 Å². The third-order valence-corrected chi connectivity index (χ3v) is 6.06. The minimum Gasteiger partial charge on any atom is -0.355 e. The first kappa shape index (κ1) is 19.3. The number of nitrogens with one attached hydrogen (secondary N) is 1. The van der Waals surface area contributed by atoms with E-state index in [0.29, 0.717) is 34.4 Å². The van der Waals surface area contributed by atoms with E-state index in [-0.39, 0.29) is 28.1 Å². The highest BCUT2D eigenvalue weighted by atomic mass is 35.5. The number of fused-ring (bicyclic) bond motifs is 1. The lowest BCUT2D eigenvalue weighted by atomic mass is 9.82. The van der Waals surface area contributed by atoms with Crippen LogP contribution in [0.2, 0.25) is 10.0 Å². The highest BCUT2D eigenvalue weighted by Crippen LogP contribution is 2.38. The van der Waals surface area contributed by atoms with Crippen molar-refractivity contribution in [3.8, 4) is 11.3 Å². The monoisotopic (exact) mass is 425 g/mol. The maximum atomic E-state index is 13.8. The molecule has 9 heteroatoms. The van der Waals surface area contributed by atoms with Gasteiger partial charge in [0.1, 0.15) is 11.2 Å². The maximum absolute atomic E-state index is 13.8. The van der Waals surface area contributed by atoms with Crippen LogP contribution in [0.3, 0.4) is 0 Å². The Kier molecular flexibility index (Phi) is 4.91. The Hall–Kier alpha value is -1.99. The number of H-pyrrole nitrogens is 1. The fraction of sp³-hybridized carbons (Fsp3) is 0.421. The molecule has 1 aliphatic heterocycles. The summed E-state index contributed by atoms with van der Waals surface area (Å²) >= 11 is 12.4. The van der Waals surface area contributed by atoms with E-state index >= 15 is 0 Å². The van der Waals surface area contributed by atoms with Crippen LogP contribution in [0.15, 0.2) is 18.2 Å². The van der Waals surface area contributed by atoms with E-state index in [4.69, 9.17) is 23.2 Å². The van der Waals surface area contributed by atoms with Crippen LogP contribution in [-0.4, -0.2) is 33.3 Å². The van der Waals surface area contributed by atoms with Gasteiger partial charge < -0.3 is 4.90 Å². The second-order valence-corrected chi connectivity index (χ2v) is 8.54. The van der Waals surface area contributed by atoms with Gasteiger partial charge in [-0.1, -0.05) is 49.2 Å². The number of anilines is 1. The van der Waals surface area contributed by atoms with E-state index in [2.05, 4.69) is 34.0 Å². The van der Waals surface area contributed by atoms with Crippen molar-refractivity contribution in [1.29, 1.82) is 0 Å². The Morgan fingerprint density at radius 3 is 2.54 bits per heavy atom. The number of rotatable bonds is 3. The molecule has 0 radical (unpaired) electrons. The van der Waals surface area contributed by atoms with Gasteiger partial charge in [0.2, 0.25) is 5.65 Å². The zero-order chi connectivity index (χ0) is 20.1. The molecule has 3 heterocycles. The minimum absolute atomic E-state index is 0.196. The molecule has 0 bridgehead atoms. The van der Waals surface area contributed by atoms with Gasteiger partial charge in [0, 0.05) is 18.7 Å². The standard InChI is InChI=1S/C19H19Cl2F2N5/c1-19(2)6-8-28(9-7-19)18-15(16(22)23)24-14-13(26-27-17(14)25-18)10-4-3-5-11(20)12(10)21/h3-5,16H,6-9H2,1-2H3,(H,25,26,27). The second kappa shape index (κ2) is 7.12. The Bertz CT molecular complexity index is 1020. The van der Waals surface area contributed by atoms with Crippen LogP contribution in [0, 0.1) is 5.41 Å². The summed E-state index contributed by atoms with van der Waals surface area (Å²) in [5, 5.41) is 7.67. The van der Waals surface area contributed by atoms with Gasteiger partial charge in [0.05, 0.1) is 15.7 Å². The summed E-state index contributed by atoms with van der Waals surface area (Å²) in [7, 11) is 0. The van der Waals surface area contributed by atoms with Crippen molar-refractivity contribution in [3.63, 3.8) is 0 Å². The van der Waals surface area contributed by atoms with E-state index in [1.54, 1.807) is 18.2 Å². The molecule has 5 nitrogen and oxygen atoms in total. The molecule has 148 valence electrons. The summed E-state index contributed by atoms with van der Waals surface area (Å²) < 4.78 is 27.7. The van der Waals surface area contributed by atoms with Crippen molar-refractivity contribution >= 4 is 40.2 Å². The molecule has 0 amide bonds. The number of hydrogen-bond acceptors (Lipinski definition) is 4. The molecule has 1 N–H and O–H groups in total. The fourth-order valence-electron chi connectivity index (χ4n) is 3.43. The number of hydrogen-bond donors (Lipinski definition) is 1. The summed E-state index contributed by atoms with van der Waals surface area (Å²) in [5.41, 5.74) is 1.34. The first-order valence-corrected chi connectivity index (χ1v) is 9.76. The van der Waals surface area contributed by atoms with Gasteiger partial charge in [-0.05, 0) is 24.3 Å². The molecule has 1 aliphatic rings. The van der Waals surface area contributed by atoms with Crippen LogP contribution >= 0.6 is 23.2 Å². The molecule has 0 atom stereocenters. The van der Waals surface area contributed by atoms with E-state index in [1.807, 2.05) is 4.90 Å². The Morgan fingerprint density at radius 1 is 1.14 bits per heavy atom. The molecule has 1 fully saturated rings. The van der Waals surface area contributed by atoms with E-state index < -0.39 is 6.43 Å². The molecule has 1 saturated heterocycles. The first-order valence-electron chi connectivity index (χ1n) is 9.00. The molecule has 0 aliphatic carbocycles. The summed E-state index contributed by atoms with van der Waals surface area (Å²) in [6, 6.07) is 5.10. The van der Waals surface area contributed by atoms with Gasteiger partial charge in [0.25, 0.3) is 6.43 Å². The van der Waals surface area contributed by atoms with Crippen LogP contribution in [0.1, 0.15) is 38.8 Å². The van der Waals surface area contributed by atoms with Crippen LogP contribution in [0.5, 0.6) is 0 Å². The largest absolute Gasteiger partial charge is 0.355 e. The molecule has 2 aromatic heterocycles. The number of halogens is 4. The molecule has 4 rings (SSSR count). The molecule has 0 unspecified atom stereocenters. The number of nitrogens with zero attached hydrogens (tertiary/aromatic N) is 4. The summed E-state index contributed by atoms with van der Waals surface area (Å²) in [5.74, 6) is 0.202. The van der Waals surface area contributed by atoms with E-state index in [9.17, 15) is 8.78 Å². The number of alkyl halides is 2. The number of aromatic amines is 1. The minimum atomic E-state index is -2.75. The quantitative estimate of drug-likeness (QED) is 0.568. The topological polar surface area (TPSA) is 57.7 Å². The highest BCUT2D eigenvalue weighted by molar-refractivity contribution is 6.43. The van der Waals surface area contributed by atoms with Gasteiger partial charge in [-0.2, -0.15) is 5.10 Å². The average Bonchev–Trinajstić information content (AvgIpc) is 3.06. The predicted octanol–water partition coefficient (Wildman–Crippen LogP) is 5.89. The van der Waals surface area contributed by atoms with E-state index in [0.717, 1.165) is 12.8 Å². The molecule has 0 spiro atoms. The first-order chi connectivity index (χ1) is 13.3. The summed E-state index contributed by atoms with van der Waals surface area (Å²) in [6.45, 7) is 5.68. The van der Waals surface area contributed by atoms with Gasteiger partial charge in [0.15, 0.2) is 5.82 Å². The van der Waals surface area contributed by atoms with Crippen LogP contribution < -0.4 is 4.90 Å². The molecule has 1 aromatic carbocycles. The number of benzene rings is 1. The lowest BCUT2D eigenvalue weighted by Gasteiger charge is -2.37. The second-order valence-electron chi connectivity index (χ2n) is 7.76. The third-order valence-electron chi connectivity index (χ3n) is 5.24. The third kappa shape index (κ3) is 3.42. The Labute approximate surface area is 171 Å². The Morgan fingerprint density at radius 2 is 1.86 bits per heavy atom. The Balaban J connectivity index is 1.82. The van der Waals surface area contributed by atoms with Crippen molar-refractivity contribution in [2.45, 2.75) is 33.1 Å². The van der Waals surface area contributed by atoms with E-state index in [1.165, 1.54) is 0 Å². The summed E-state index contributed by atoms with van der Waals surface area (Å²) in [6.07, 6.45) is -0.946. The lowest BCUT2D eigenvalue weighted by Crippen LogP contribution is -2.38. The van der Waals surface area contributed by atoms with Crippen molar-refractivity contribution in [1.82, 2.24) is 20.2 Å². The van der Waals surface area contributed by atoms with Gasteiger partial charge in [-0.3, -0.25) is 5.10 Å². The lowest BCUT2D eigenvalue weighted by molar-refractivity contribution is 0.146. The SMILES string of the molecule is CC1(C)CCN(c2nc3n[nH]c(-c4cccc(Cl)c4Cl)c3nc2C(F)F)CC1. The normalized spacial score (nSPS) is 16.9. The van der Waals surface area contributed by atoms with Crippen LogP contribution in [0.25, 0.3) is 22.4 Å². The number of aromatic nitrogens is 4. The molecule has 0 saturated carbocycles. The fourth-order valence-corrected chi connectivity index (χ4v) is 3.82. The van der Waals surface area contributed by atoms with Gasteiger partial charge in [-0.25, -0.2) is 18.7 Å². The van der Waals surface area contributed by atoms with Crippen molar-refractivity contribution in [2.24, 2.45) is 5.41 Å².